The molecule has 0 unspecified atom stereocenters. The molecule has 0 spiro atoms. The van der Waals surface area contributed by atoms with Crippen LogP contribution < -0.4 is 5.32 Å². The van der Waals surface area contributed by atoms with Gasteiger partial charge in [-0.25, -0.2) is 4.68 Å². The average molecular weight is 364 g/mol. The third-order valence-electron chi connectivity index (χ3n) is 4.19. The van der Waals surface area contributed by atoms with Crippen molar-refractivity contribution >= 4 is 17.4 Å². The van der Waals surface area contributed by atoms with Crippen molar-refractivity contribution in [1.29, 1.82) is 0 Å². The lowest BCUT2D eigenvalue weighted by Crippen LogP contribution is -2.08. The van der Waals surface area contributed by atoms with Crippen LogP contribution in [0.1, 0.15) is 11.1 Å². The van der Waals surface area contributed by atoms with Crippen LogP contribution in [0.5, 0.6) is 0 Å². The summed E-state index contributed by atoms with van der Waals surface area (Å²) in [6.07, 6.45) is -3.81. The van der Waals surface area contributed by atoms with Gasteiger partial charge in [0, 0.05) is 22.7 Å². The fraction of sp³-hybridized carbons (Fsp3) is 0.167. The Morgan fingerprint density at radius 3 is 2.64 bits per heavy atom. The molecule has 0 saturated heterocycles. The van der Waals surface area contributed by atoms with Gasteiger partial charge in [-0.05, 0) is 30.7 Å². The fourth-order valence-electron chi connectivity index (χ4n) is 3.12. The van der Waals surface area contributed by atoms with Crippen molar-refractivity contribution < 1.29 is 13.2 Å². The number of alkyl halides is 3. The highest BCUT2D eigenvalue weighted by Gasteiger charge is 2.35. The Morgan fingerprint density at radius 1 is 1.08 bits per heavy atom. The molecule has 1 aromatic heterocycles. The first kappa shape index (κ1) is 16.0. The summed E-state index contributed by atoms with van der Waals surface area (Å²) in [5, 5.41) is 8.23. The molecule has 2 heterocycles. The van der Waals surface area contributed by atoms with Crippen molar-refractivity contribution in [3.63, 3.8) is 0 Å². The Kier molecular flexibility index (Phi) is 3.72. The lowest BCUT2D eigenvalue weighted by atomic mass is 10.0. The largest absolute Gasteiger partial charge is 0.417 e. The van der Waals surface area contributed by atoms with E-state index in [1.54, 1.807) is 28.9 Å². The van der Waals surface area contributed by atoms with Gasteiger partial charge in [0.05, 0.1) is 16.9 Å². The number of hydrogen-bond acceptors (Lipinski definition) is 2. The summed E-state index contributed by atoms with van der Waals surface area (Å²) >= 11 is 6.04. The molecular weight excluding hydrogens is 351 g/mol. The number of fused-ring (bicyclic) bond motifs is 1. The zero-order valence-corrected chi connectivity index (χ0v) is 13.7. The molecule has 4 rings (SSSR count). The lowest BCUT2D eigenvalue weighted by molar-refractivity contribution is -0.137. The first-order valence-corrected chi connectivity index (χ1v) is 8.11. The lowest BCUT2D eigenvalue weighted by Gasteiger charge is -2.11. The maximum absolute atomic E-state index is 13.4. The van der Waals surface area contributed by atoms with Crippen LogP contribution >= 0.6 is 11.6 Å². The molecular formula is C18H13ClF3N3. The number of halogens is 4. The molecule has 2 aromatic carbocycles. The second kappa shape index (κ2) is 5.81. The Bertz CT molecular complexity index is 947. The normalized spacial score (nSPS) is 13.6. The highest BCUT2D eigenvalue weighted by Crippen LogP contribution is 2.41. The van der Waals surface area contributed by atoms with E-state index in [1.165, 1.54) is 12.1 Å². The molecule has 1 aliphatic heterocycles. The van der Waals surface area contributed by atoms with Crippen molar-refractivity contribution in [3.05, 3.63) is 64.7 Å². The van der Waals surface area contributed by atoms with Crippen molar-refractivity contribution in [1.82, 2.24) is 9.78 Å². The summed E-state index contributed by atoms with van der Waals surface area (Å²) in [4.78, 5) is 0. The van der Waals surface area contributed by atoms with Crippen LogP contribution in [0.3, 0.4) is 0 Å². The van der Waals surface area contributed by atoms with E-state index < -0.39 is 11.7 Å². The molecule has 1 N–H and O–H groups in total. The molecule has 7 heteroatoms. The molecule has 128 valence electrons. The predicted octanol–water partition coefficient (Wildman–Crippen LogP) is 5.18. The van der Waals surface area contributed by atoms with Crippen LogP contribution in [0.25, 0.3) is 16.9 Å². The van der Waals surface area contributed by atoms with Gasteiger partial charge in [0.1, 0.15) is 5.82 Å². The highest BCUT2D eigenvalue weighted by molar-refractivity contribution is 6.30. The predicted molar refractivity (Wildman–Crippen MR) is 91.2 cm³/mol. The Morgan fingerprint density at radius 2 is 1.88 bits per heavy atom. The molecule has 25 heavy (non-hydrogen) atoms. The average Bonchev–Trinajstić information content (AvgIpc) is 3.16. The number of benzene rings is 2. The van der Waals surface area contributed by atoms with Gasteiger partial charge in [-0.15, -0.1) is 0 Å². The summed E-state index contributed by atoms with van der Waals surface area (Å²) in [6.45, 7) is 0.662. The van der Waals surface area contributed by atoms with Gasteiger partial charge in [-0.3, -0.25) is 0 Å². The molecule has 1 aliphatic rings. The summed E-state index contributed by atoms with van der Waals surface area (Å²) in [5.41, 5.74) is 1.26. The first-order chi connectivity index (χ1) is 11.9. The maximum Gasteiger partial charge on any atom is 0.417 e. The molecule has 0 saturated carbocycles. The van der Waals surface area contributed by atoms with Crippen molar-refractivity contribution in [3.8, 4) is 16.9 Å². The minimum atomic E-state index is -4.44. The number of rotatable bonds is 2. The smallest absolute Gasteiger partial charge is 0.369 e. The summed E-state index contributed by atoms with van der Waals surface area (Å²) in [7, 11) is 0. The number of anilines is 1. The minimum Gasteiger partial charge on any atom is -0.369 e. The van der Waals surface area contributed by atoms with E-state index in [4.69, 9.17) is 11.6 Å². The van der Waals surface area contributed by atoms with Crippen LogP contribution in [0.4, 0.5) is 19.0 Å². The van der Waals surface area contributed by atoms with Crippen molar-refractivity contribution in [2.24, 2.45) is 0 Å². The minimum absolute atomic E-state index is 0.0933. The van der Waals surface area contributed by atoms with Crippen LogP contribution in [-0.4, -0.2) is 16.3 Å². The van der Waals surface area contributed by atoms with Crippen LogP contribution in [0, 0.1) is 0 Å². The van der Waals surface area contributed by atoms with Crippen molar-refractivity contribution in [2.45, 2.75) is 12.6 Å². The summed E-state index contributed by atoms with van der Waals surface area (Å²) in [5.74, 6) is 0.717. The Balaban J connectivity index is 1.93. The Labute approximate surface area is 147 Å². The highest BCUT2D eigenvalue weighted by atomic mass is 35.5. The molecule has 0 radical (unpaired) electrons. The van der Waals surface area contributed by atoms with Crippen LogP contribution in [0.15, 0.2) is 48.5 Å². The quantitative estimate of drug-likeness (QED) is 0.680. The van der Waals surface area contributed by atoms with Gasteiger partial charge in [-0.2, -0.15) is 18.3 Å². The van der Waals surface area contributed by atoms with Crippen LogP contribution in [-0.2, 0) is 12.6 Å². The molecule has 0 amide bonds. The van der Waals surface area contributed by atoms with E-state index in [0.717, 1.165) is 11.6 Å². The molecule has 0 fully saturated rings. The fourth-order valence-corrected chi connectivity index (χ4v) is 3.31. The second-order valence-electron chi connectivity index (χ2n) is 5.79. The van der Waals surface area contributed by atoms with E-state index in [0.29, 0.717) is 35.2 Å². The summed E-state index contributed by atoms with van der Waals surface area (Å²) in [6, 6.07) is 12.6. The van der Waals surface area contributed by atoms with Crippen molar-refractivity contribution in [2.75, 3.05) is 11.9 Å². The van der Waals surface area contributed by atoms with Gasteiger partial charge < -0.3 is 5.32 Å². The number of nitrogens with one attached hydrogen (secondary N) is 1. The van der Waals surface area contributed by atoms with Crippen LogP contribution in [0.2, 0.25) is 5.02 Å². The number of nitrogens with zero attached hydrogens (tertiary/aromatic N) is 2. The van der Waals surface area contributed by atoms with E-state index in [9.17, 15) is 13.2 Å². The molecule has 0 aliphatic carbocycles. The van der Waals surface area contributed by atoms with Gasteiger partial charge in [0.25, 0.3) is 0 Å². The molecule has 3 nitrogen and oxygen atoms in total. The van der Waals surface area contributed by atoms with Gasteiger partial charge >= 0.3 is 6.18 Å². The molecule has 3 aromatic rings. The second-order valence-corrected chi connectivity index (χ2v) is 6.22. The van der Waals surface area contributed by atoms with Gasteiger partial charge in [0.2, 0.25) is 0 Å². The van der Waals surface area contributed by atoms with E-state index in [-0.39, 0.29) is 5.56 Å². The maximum atomic E-state index is 13.4. The topological polar surface area (TPSA) is 29.9 Å². The zero-order valence-electron chi connectivity index (χ0n) is 12.9. The molecule has 0 atom stereocenters. The SMILES string of the molecule is FC(F)(F)c1ccccc1-c1nn(-c2cccc(Cl)c2)c2c1CCN2. The van der Waals surface area contributed by atoms with Gasteiger partial charge in [0.15, 0.2) is 0 Å². The van der Waals surface area contributed by atoms with Gasteiger partial charge in [-0.1, -0.05) is 35.9 Å². The third kappa shape index (κ3) is 2.76. The standard InChI is InChI=1S/C18H13ClF3N3/c19-11-4-3-5-12(10-11)25-17-14(8-9-23-17)16(24-25)13-6-1-2-7-15(13)18(20,21)22/h1-7,10,23H,8-9H2. The summed E-state index contributed by atoms with van der Waals surface area (Å²) < 4.78 is 41.8. The number of aromatic nitrogens is 2. The number of hydrogen-bond donors (Lipinski definition) is 1. The first-order valence-electron chi connectivity index (χ1n) is 7.73. The van der Waals surface area contributed by atoms with E-state index in [1.807, 2.05) is 6.07 Å². The van der Waals surface area contributed by atoms with E-state index >= 15 is 0 Å². The monoisotopic (exact) mass is 363 g/mol. The third-order valence-corrected chi connectivity index (χ3v) is 4.43. The Hall–Kier alpha value is -2.47. The van der Waals surface area contributed by atoms with E-state index in [2.05, 4.69) is 10.4 Å². The molecule has 0 bridgehead atoms. The zero-order chi connectivity index (χ0) is 17.6.